The summed E-state index contributed by atoms with van der Waals surface area (Å²) >= 11 is 1.34. The van der Waals surface area contributed by atoms with E-state index in [0.717, 1.165) is 5.56 Å². The van der Waals surface area contributed by atoms with E-state index < -0.39 is 0 Å². The number of ether oxygens (including phenoxy) is 3. The first-order valence-corrected chi connectivity index (χ1v) is 8.65. The molecule has 0 atom stereocenters. The van der Waals surface area contributed by atoms with Crippen molar-refractivity contribution in [2.45, 2.75) is 11.9 Å². The summed E-state index contributed by atoms with van der Waals surface area (Å²) < 4.78 is 16.0. The van der Waals surface area contributed by atoms with E-state index in [1.165, 1.54) is 11.8 Å². The highest BCUT2D eigenvalue weighted by atomic mass is 32.2. The second-order valence-corrected chi connectivity index (χ2v) is 5.91. The van der Waals surface area contributed by atoms with E-state index in [2.05, 4.69) is 15.5 Å². The number of hydrogen-bond donors (Lipinski definition) is 1. The molecular formula is C17H21N3O4S. The zero-order valence-electron chi connectivity index (χ0n) is 14.7. The number of rotatable bonds is 8. The average Bonchev–Trinajstić information content (AvgIpc) is 2.65. The molecule has 1 aromatic carbocycles. The van der Waals surface area contributed by atoms with Crippen molar-refractivity contribution in [2.75, 3.05) is 33.6 Å². The molecular weight excluding hydrogens is 342 g/mol. The van der Waals surface area contributed by atoms with Crippen molar-refractivity contribution in [2.24, 2.45) is 0 Å². The van der Waals surface area contributed by atoms with Crippen LogP contribution in [0.4, 0.5) is 0 Å². The topological polar surface area (TPSA) is 82.6 Å². The van der Waals surface area contributed by atoms with Gasteiger partial charge in [-0.15, -0.1) is 10.2 Å². The highest BCUT2D eigenvalue weighted by Gasteiger charge is 2.15. The van der Waals surface area contributed by atoms with Gasteiger partial charge in [0.05, 0.1) is 32.8 Å². The summed E-state index contributed by atoms with van der Waals surface area (Å²) in [5, 5.41) is 11.8. The van der Waals surface area contributed by atoms with Gasteiger partial charge < -0.3 is 19.5 Å². The molecule has 2 rings (SSSR count). The minimum atomic E-state index is -0.0250. The number of benzene rings is 1. The number of hydrogen-bond acceptors (Lipinski definition) is 7. The molecule has 2 aromatic rings. The maximum atomic E-state index is 11.5. The van der Waals surface area contributed by atoms with Gasteiger partial charge in [-0.25, -0.2) is 0 Å². The third kappa shape index (κ3) is 4.76. The zero-order chi connectivity index (χ0) is 18.2. The van der Waals surface area contributed by atoms with E-state index in [-0.39, 0.29) is 5.91 Å². The monoisotopic (exact) mass is 363 g/mol. The summed E-state index contributed by atoms with van der Waals surface area (Å²) in [6, 6.07) is 7.29. The lowest BCUT2D eigenvalue weighted by Gasteiger charge is -2.13. The maximum absolute atomic E-state index is 11.5. The van der Waals surface area contributed by atoms with Crippen LogP contribution in [0.15, 0.2) is 29.3 Å². The fourth-order valence-electron chi connectivity index (χ4n) is 2.17. The lowest BCUT2D eigenvalue weighted by Crippen LogP contribution is -2.24. The summed E-state index contributed by atoms with van der Waals surface area (Å²) in [7, 11) is 4.68. The lowest BCUT2D eigenvalue weighted by molar-refractivity contribution is -0.118. The first-order chi connectivity index (χ1) is 12.1. The quantitative estimate of drug-likeness (QED) is 0.721. The zero-order valence-corrected chi connectivity index (χ0v) is 15.5. The van der Waals surface area contributed by atoms with E-state index in [0.29, 0.717) is 40.3 Å². The molecule has 0 unspecified atom stereocenters. The molecule has 0 fully saturated rings. The van der Waals surface area contributed by atoms with Crippen LogP contribution < -0.4 is 19.5 Å². The molecule has 0 aliphatic carbocycles. The first kappa shape index (κ1) is 18.9. The Balaban J connectivity index is 2.20. The van der Waals surface area contributed by atoms with E-state index in [9.17, 15) is 4.79 Å². The summed E-state index contributed by atoms with van der Waals surface area (Å²) in [4.78, 5) is 11.5. The van der Waals surface area contributed by atoms with Gasteiger partial charge >= 0.3 is 0 Å². The van der Waals surface area contributed by atoms with E-state index >= 15 is 0 Å². The molecule has 134 valence electrons. The Kier molecular flexibility index (Phi) is 6.88. The van der Waals surface area contributed by atoms with Crippen LogP contribution in [0.2, 0.25) is 0 Å². The minimum absolute atomic E-state index is 0.0250. The normalized spacial score (nSPS) is 10.2. The van der Waals surface area contributed by atoms with Crippen LogP contribution >= 0.6 is 11.8 Å². The van der Waals surface area contributed by atoms with Crippen LogP contribution in [-0.4, -0.2) is 49.7 Å². The Morgan fingerprint density at radius 3 is 2.24 bits per heavy atom. The summed E-state index contributed by atoms with van der Waals surface area (Å²) in [6.07, 6.45) is 0. The third-order valence-electron chi connectivity index (χ3n) is 3.33. The molecule has 0 aliphatic rings. The molecule has 1 amide bonds. The largest absolute Gasteiger partial charge is 0.493 e. The Hall–Kier alpha value is -2.48. The third-order valence-corrected chi connectivity index (χ3v) is 4.25. The maximum Gasteiger partial charge on any atom is 0.230 e. The number of carbonyl (C=O) groups excluding carboxylic acids is 1. The number of nitrogens with zero attached hydrogens (tertiary/aromatic N) is 2. The molecule has 1 aromatic heterocycles. The van der Waals surface area contributed by atoms with Crippen molar-refractivity contribution in [1.29, 1.82) is 0 Å². The standard InChI is InChI=1S/C17H21N3O4S/c1-5-18-15(21)10-25-16-7-6-12(19-20-16)11-8-13(22-2)17(24-4)14(9-11)23-3/h6-9H,5,10H2,1-4H3,(H,18,21). The van der Waals surface area contributed by atoms with Gasteiger partial charge in [0, 0.05) is 12.1 Å². The van der Waals surface area contributed by atoms with Gasteiger partial charge in [0.2, 0.25) is 11.7 Å². The van der Waals surface area contributed by atoms with Gasteiger partial charge in [-0.05, 0) is 31.2 Å². The number of carbonyl (C=O) groups is 1. The second kappa shape index (κ2) is 9.12. The SMILES string of the molecule is CCNC(=O)CSc1ccc(-c2cc(OC)c(OC)c(OC)c2)nn1. The van der Waals surface area contributed by atoms with Gasteiger partial charge in [0.1, 0.15) is 5.03 Å². The molecule has 8 heteroatoms. The number of amides is 1. The van der Waals surface area contributed by atoms with Crippen molar-refractivity contribution in [3.05, 3.63) is 24.3 Å². The number of thioether (sulfide) groups is 1. The first-order valence-electron chi connectivity index (χ1n) is 7.66. The Morgan fingerprint density at radius 1 is 1.08 bits per heavy atom. The van der Waals surface area contributed by atoms with Gasteiger partial charge in [0.15, 0.2) is 11.5 Å². The molecule has 0 radical (unpaired) electrons. The number of nitrogens with one attached hydrogen (secondary N) is 1. The number of methoxy groups -OCH3 is 3. The van der Waals surface area contributed by atoms with E-state index in [1.54, 1.807) is 21.3 Å². The molecule has 7 nitrogen and oxygen atoms in total. The van der Waals surface area contributed by atoms with Crippen molar-refractivity contribution in [1.82, 2.24) is 15.5 Å². The lowest BCUT2D eigenvalue weighted by atomic mass is 10.1. The molecule has 1 N–H and O–H groups in total. The van der Waals surface area contributed by atoms with E-state index in [4.69, 9.17) is 14.2 Å². The second-order valence-electron chi connectivity index (χ2n) is 4.91. The van der Waals surface area contributed by atoms with Crippen molar-refractivity contribution in [3.8, 4) is 28.5 Å². The van der Waals surface area contributed by atoms with Crippen LogP contribution in [0.3, 0.4) is 0 Å². The van der Waals surface area contributed by atoms with Crippen molar-refractivity contribution in [3.63, 3.8) is 0 Å². The van der Waals surface area contributed by atoms with Gasteiger partial charge in [0.25, 0.3) is 0 Å². The average molecular weight is 363 g/mol. The molecule has 25 heavy (non-hydrogen) atoms. The Bertz CT molecular complexity index is 697. The smallest absolute Gasteiger partial charge is 0.230 e. The van der Waals surface area contributed by atoms with Crippen LogP contribution in [0.5, 0.6) is 17.2 Å². The fraction of sp³-hybridized carbons (Fsp3) is 0.353. The van der Waals surface area contributed by atoms with E-state index in [1.807, 2.05) is 31.2 Å². The highest BCUT2D eigenvalue weighted by molar-refractivity contribution is 7.99. The minimum Gasteiger partial charge on any atom is -0.493 e. The van der Waals surface area contributed by atoms with Crippen LogP contribution in [0.25, 0.3) is 11.3 Å². The number of aromatic nitrogens is 2. The van der Waals surface area contributed by atoms with Crippen molar-refractivity contribution < 1.29 is 19.0 Å². The van der Waals surface area contributed by atoms with Crippen LogP contribution in [-0.2, 0) is 4.79 Å². The molecule has 0 saturated carbocycles. The molecule has 0 saturated heterocycles. The highest BCUT2D eigenvalue weighted by Crippen LogP contribution is 2.40. The predicted molar refractivity (Wildman–Crippen MR) is 96.5 cm³/mol. The molecule has 0 bridgehead atoms. The fourth-order valence-corrected chi connectivity index (χ4v) is 2.81. The summed E-state index contributed by atoms with van der Waals surface area (Å²) in [6.45, 7) is 2.50. The molecule has 1 heterocycles. The Labute approximate surface area is 151 Å². The predicted octanol–water partition coefficient (Wildman–Crippen LogP) is 2.40. The van der Waals surface area contributed by atoms with Gasteiger partial charge in [-0.1, -0.05) is 11.8 Å². The molecule has 0 aliphatic heterocycles. The van der Waals surface area contributed by atoms with Crippen LogP contribution in [0.1, 0.15) is 6.92 Å². The molecule has 0 spiro atoms. The summed E-state index contributed by atoms with van der Waals surface area (Å²) in [5.41, 5.74) is 1.46. The van der Waals surface area contributed by atoms with Gasteiger partial charge in [-0.3, -0.25) is 4.79 Å². The summed E-state index contributed by atoms with van der Waals surface area (Å²) in [5.74, 6) is 1.91. The van der Waals surface area contributed by atoms with Crippen LogP contribution in [0, 0.1) is 0 Å². The Morgan fingerprint density at radius 2 is 1.76 bits per heavy atom. The van der Waals surface area contributed by atoms with Crippen molar-refractivity contribution >= 4 is 17.7 Å². The van der Waals surface area contributed by atoms with Gasteiger partial charge in [-0.2, -0.15) is 0 Å².